The van der Waals surface area contributed by atoms with E-state index in [1.807, 2.05) is 18.4 Å². The summed E-state index contributed by atoms with van der Waals surface area (Å²) in [5.41, 5.74) is -1.28. The number of guanidine groups is 1. The summed E-state index contributed by atoms with van der Waals surface area (Å²) in [6, 6.07) is 1.83. The van der Waals surface area contributed by atoms with Gasteiger partial charge in [-0.05, 0) is 19.9 Å². The Bertz CT molecular complexity index is 1070. The number of anilines is 1. The third kappa shape index (κ3) is 5.01. The number of piperidine rings is 1. The van der Waals surface area contributed by atoms with Crippen molar-refractivity contribution in [2.75, 3.05) is 25.5 Å². The van der Waals surface area contributed by atoms with Crippen molar-refractivity contribution in [3.05, 3.63) is 30.7 Å². The van der Waals surface area contributed by atoms with Gasteiger partial charge in [-0.15, -0.1) is 0 Å². The first-order chi connectivity index (χ1) is 15.5. The van der Waals surface area contributed by atoms with Crippen LogP contribution < -0.4 is 5.32 Å². The number of aromatic nitrogens is 3. The monoisotopic (exact) mass is 467 g/mol. The van der Waals surface area contributed by atoms with Gasteiger partial charge in [0.05, 0.1) is 11.7 Å². The minimum Gasteiger partial charge on any atom is -0.388 e. The fourth-order valence-electron chi connectivity index (χ4n) is 3.79. The SMILES string of the molecule is C=CC(=NC(=NC)N1CCC(O)(C(F)(F)F)CC1)Nc1cc2c(cn1)nc(CO)n2C(C)C. The maximum atomic E-state index is 13.1. The number of hydrogen-bond acceptors (Lipinski definition) is 5. The zero-order valence-corrected chi connectivity index (χ0v) is 18.8. The lowest BCUT2D eigenvalue weighted by Gasteiger charge is -2.39. The highest BCUT2D eigenvalue weighted by atomic mass is 19.4. The highest BCUT2D eigenvalue weighted by Crippen LogP contribution is 2.38. The van der Waals surface area contributed by atoms with E-state index in [0.717, 1.165) is 5.52 Å². The lowest BCUT2D eigenvalue weighted by molar-refractivity contribution is -0.270. The highest BCUT2D eigenvalue weighted by molar-refractivity contribution is 6.09. The van der Waals surface area contributed by atoms with Crippen LogP contribution in [0.4, 0.5) is 19.0 Å². The Balaban J connectivity index is 1.81. The summed E-state index contributed by atoms with van der Waals surface area (Å²) in [6.45, 7) is 7.40. The van der Waals surface area contributed by atoms with Gasteiger partial charge < -0.3 is 25.0 Å². The van der Waals surface area contributed by atoms with Gasteiger partial charge in [-0.2, -0.15) is 18.2 Å². The van der Waals surface area contributed by atoms with Gasteiger partial charge in [0.2, 0.25) is 5.96 Å². The summed E-state index contributed by atoms with van der Waals surface area (Å²) in [5.74, 6) is 1.50. The van der Waals surface area contributed by atoms with Gasteiger partial charge in [0, 0.05) is 45.1 Å². The third-order valence-electron chi connectivity index (χ3n) is 5.58. The van der Waals surface area contributed by atoms with E-state index in [-0.39, 0.29) is 31.7 Å². The third-order valence-corrected chi connectivity index (χ3v) is 5.58. The second kappa shape index (κ2) is 9.48. The Hall–Kier alpha value is -2.99. The van der Waals surface area contributed by atoms with Crippen LogP contribution in [0.5, 0.6) is 0 Å². The fraction of sp³-hybridized carbons (Fsp3) is 0.524. The summed E-state index contributed by atoms with van der Waals surface area (Å²) >= 11 is 0. The Morgan fingerprint density at radius 3 is 2.55 bits per heavy atom. The van der Waals surface area contributed by atoms with Gasteiger partial charge in [-0.1, -0.05) is 6.58 Å². The molecule has 1 aliphatic heterocycles. The molecular weight excluding hydrogens is 439 g/mol. The van der Waals surface area contributed by atoms with Gasteiger partial charge in [0.25, 0.3) is 0 Å². The number of aliphatic hydroxyl groups excluding tert-OH is 1. The first kappa shape index (κ1) is 24.6. The molecule has 180 valence electrons. The van der Waals surface area contributed by atoms with E-state index in [2.05, 4.69) is 31.8 Å². The summed E-state index contributed by atoms with van der Waals surface area (Å²) in [6.07, 6.45) is -2.58. The lowest BCUT2D eigenvalue weighted by Crippen LogP contribution is -2.54. The minimum absolute atomic E-state index is 0.0433. The molecule has 0 radical (unpaired) electrons. The number of nitrogens with one attached hydrogen (secondary N) is 1. The topological polar surface area (TPSA) is 111 Å². The maximum Gasteiger partial charge on any atom is 0.417 e. The first-order valence-corrected chi connectivity index (χ1v) is 10.5. The molecule has 0 bridgehead atoms. The number of alkyl halides is 3. The van der Waals surface area contributed by atoms with Crippen LogP contribution in [0, 0.1) is 0 Å². The quantitative estimate of drug-likeness (QED) is 0.471. The van der Waals surface area contributed by atoms with Crippen molar-refractivity contribution in [3.8, 4) is 0 Å². The van der Waals surface area contributed by atoms with Crippen LogP contribution in [0.1, 0.15) is 38.6 Å². The molecule has 9 nitrogen and oxygen atoms in total. The number of imidazole rings is 1. The van der Waals surface area contributed by atoms with Gasteiger partial charge >= 0.3 is 6.18 Å². The molecule has 1 aliphatic rings. The van der Waals surface area contributed by atoms with Crippen LogP contribution >= 0.6 is 0 Å². The molecule has 3 heterocycles. The van der Waals surface area contributed by atoms with Crippen LogP contribution in [-0.2, 0) is 6.61 Å². The standard InChI is InChI=1S/C21H28F3N7O2/c1-5-16(29-19(25-4)30-8-6-20(33,7-9-30)21(22,23)24)28-17-10-15-14(11-26-17)27-18(12-32)31(15)13(2)3/h5,10-11,13,32-33H,1,6-9,12H2,2-4H3,(H,25,26,28,29). The fourth-order valence-corrected chi connectivity index (χ4v) is 3.79. The number of nitrogens with zero attached hydrogens (tertiary/aromatic N) is 6. The van der Waals surface area contributed by atoms with Crippen molar-refractivity contribution >= 4 is 28.6 Å². The van der Waals surface area contributed by atoms with Crippen LogP contribution in [0.15, 0.2) is 34.9 Å². The van der Waals surface area contributed by atoms with E-state index >= 15 is 0 Å². The molecule has 2 aromatic heterocycles. The number of hydrogen-bond donors (Lipinski definition) is 3. The van der Waals surface area contributed by atoms with Crippen LogP contribution in [0.3, 0.4) is 0 Å². The normalized spacial score (nSPS) is 17.7. The van der Waals surface area contributed by atoms with E-state index < -0.39 is 24.6 Å². The van der Waals surface area contributed by atoms with E-state index in [1.165, 1.54) is 13.1 Å². The molecule has 0 unspecified atom stereocenters. The van der Waals surface area contributed by atoms with Gasteiger partial charge in [0.15, 0.2) is 5.60 Å². The lowest BCUT2D eigenvalue weighted by atomic mass is 9.91. The second-order valence-corrected chi connectivity index (χ2v) is 8.07. The zero-order chi connectivity index (χ0) is 24.4. The average molecular weight is 467 g/mol. The number of aliphatic imine (C=N–C) groups is 2. The molecule has 0 spiro atoms. The highest BCUT2D eigenvalue weighted by Gasteiger charge is 2.54. The maximum absolute atomic E-state index is 13.1. The number of pyridine rings is 1. The first-order valence-electron chi connectivity index (χ1n) is 10.5. The predicted molar refractivity (Wildman–Crippen MR) is 120 cm³/mol. The number of aliphatic hydroxyl groups is 2. The molecule has 0 saturated carbocycles. The Labute approximate surface area is 189 Å². The molecule has 0 amide bonds. The van der Waals surface area contributed by atoms with E-state index in [0.29, 0.717) is 23.0 Å². The van der Waals surface area contributed by atoms with Crippen LogP contribution in [0.2, 0.25) is 0 Å². The Kier molecular flexibility index (Phi) is 7.08. The molecule has 3 rings (SSSR count). The largest absolute Gasteiger partial charge is 0.417 e. The van der Waals surface area contributed by atoms with Crippen LogP contribution in [-0.4, -0.2) is 73.4 Å². The molecule has 0 aromatic carbocycles. The Morgan fingerprint density at radius 2 is 2.03 bits per heavy atom. The van der Waals surface area contributed by atoms with Crippen molar-refractivity contribution in [1.29, 1.82) is 0 Å². The summed E-state index contributed by atoms with van der Waals surface area (Å²) in [4.78, 5) is 18.8. The average Bonchev–Trinajstić information content (AvgIpc) is 3.14. The van der Waals surface area contributed by atoms with E-state index in [9.17, 15) is 23.4 Å². The smallest absolute Gasteiger partial charge is 0.388 e. The van der Waals surface area contributed by atoms with Crippen LogP contribution in [0.25, 0.3) is 11.0 Å². The molecule has 1 fully saturated rings. The van der Waals surface area contributed by atoms with Crippen molar-refractivity contribution in [3.63, 3.8) is 0 Å². The number of amidine groups is 1. The molecule has 0 atom stereocenters. The summed E-state index contributed by atoms with van der Waals surface area (Å²) in [5, 5.41) is 22.5. The van der Waals surface area contributed by atoms with Crippen molar-refractivity contribution in [2.24, 2.45) is 9.98 Å². The number of halogens is 3. The predicted octanol–water partition coefficient (Wildman–Crippen LogP) is 2.88. The van der Waals surface area contributed by atoms with Crippen molar-refractivity contribution in [1.82, 2.24) is 19.4 Å². The number of fused-ring (bicyclic) bond motifs is 1. The van der Waals surface area contributed by atoms with Gasteiger partial charge in [0.1, 0.15) is 29.6 Å². The number of rotatable bonds is 4. The van der Waals surface area contributed by atoms with Crippen molar-refractivity contribution in [2.45, 2.75) is 51.1 Å². The molecule has 1 saturated heterocycles. The molecular formula is C21H28F3N7O2. The second-order valence-electron chi connectivity index (χ2n) is 8.07. The molecule has 33 heavy (non-hydrogen) atoms. The summed E-state index contributed by atoms with van der Waals surface area (Å²) in [7, 11) is 1.49. The molecule has 2 aromatic rings. The van der Waals surface area contributed by atoms with E-state index in [1.54, 1.807) is 17.2 Å². The van der Waals surface area contributed by atoms with Gasteiger partial charge in [-0.25, -0.2) is 9.97 Å². The number of likely N-dealkylation sites (tertiary alicyclic amines) is 1. The van der Waals surface area contributed by atoms with Crippen molar-refractivity contribution < 1.29 is 23.4 Å². The molecule has 0 aliphatic carbocycles. The summed E-state index contributed by atoms with van der Waals surface area (Å²) < 4.78 is 41.1. The minimum atomic E-state index is -4.68. The van der Waals surface area contributed by atoms with E-state index in [4.69, 9.17) is 0 Å². The Morgan fingerprint density at radius 1 is 1.36 bits per heavy atom. The molecule has 3 N–H and O–H groups in total. The van der Waals surface area contributed by atoms with Gasteiger partial charge in [-0.3, -0.25) is 4.99 Å². The zero-order valence-electron chi connectivity index (χ0n) is 18.8. The molecule has 12 heteroatoms.